The normalized spacial score (nSPS) is 14.6. The van der Waals surface area contributed by atoms with Gasteiger partial charge in [-0.05, 0) is 32.4 Å². The summed E-state index contributed by atoms with van der Waals surface area (Å²) in [5.41, 5.74) is 1.06. The maximum absolute atomic E-state index is 9.93. The van der Waals surface area contributed by atoms with Gasteiger partial charge in [0.25, 0.3) is 0 Å². The fraction of sp³-hybridized carbons (Fsp3) is 0.462. The van der Waals surface area contributed by atoms with Crippen molar-refractivity contribution in [3.63, 3.8) is 0 Å². The fourth-order valence-electron chi connectivity index (χ4n) is 1.76. The Morgan fingerprint density at radius 3 is 3.00 bits per heavy atom. The molecule has 0 saturated carbocycles. The summed E-state index contributed by atoms with van der Waals surface area (Å²) in [6.45, 7) is 4.78. The Hall–Kier alpha value is -1.17. The molecule has 4 nitrogen and oxygen atoms in total. The molecular formula is C13H18N2O2S. The number of thiazole rings is 1. The number of hydrogen-bond acceptors (Lipinski definition) is 5. The van der Waals surface area contributed by atoms with Gasteiger partial charge in [-0.25, -0.2) is 4.98 Å². The zero-order chi connectivity index (χ0) is 13.0. The summed E-state index contributed by atoms with van der Waals surface area (Å²) in [6.07, 6.45) is 1.65. The number of hydrogen-bond donors (Lipinski definition) is 2. The third-order valence-corrected chi connectivity index (χ3v) is 3.68. The lowest BCUT2D eigenvalue weighted by Gasteiger charge is -2.15. The lowest BCUT2D eigenvalue weighted by Crippen LogP contribution is -2.27. The van der Waals surface area contributed by atoms with Gasteiger partial charge in [0.15, 0.2) is 0 Å². The third kappa shape index (κ3) is 3.66. The second-order valence-corrected chi connectivity index (χ2v) is 5.37. The first kappa shape index (κ1) is 13.3. The van der Waals surface area contributed by atoms with Crippen LogP contribution < -0.4 is 5.32 Å². The van der Waals surface area contributed by atoms with Crippen molar-refractivity contribution in [1.82, 2.24) is 10.3 Å². The van der Waals surface area contributed by atoms with E-state index in [9.17, 15) is 5.11 Å². The topological polar surface area (TPSA) is 58.3 Å². The minimum atomic E-state index is -0.555. The summed E-state index contributed by atoms with van der Waals surface area (Å²) in [7, 11) is 0. The van der Waals surface area contributed by atoms with Crippen molar-refractivity contribution in [2.24, 2.45) is 0 Å². The molecule has 0 bridgehead atoms. The van der Waals surface area contributed by atoms with Crippen molar-refractivity contribution in [2.75, 3.05) is 0 Å². The molecule has 2 atom stereocenters. The standard InChI is InChI=1S/C13H18N2O2S/c1-9(6-11(16)12-4-3-5-17-12)14-7-13-15-10(2)8-18-13/h3-5,8-9,11,14,16H,6-7H2,1-2H3/t9-,11-/m1/s1. The molecule has 0 aliphatic rings. The molecular weight excluding hydrogens is 248 g/mol. The van der Waals surface area contributed by atoms with Gasteiger partial charge in [0.2, 0.25) is 0 Å². The number of nitrogens with one attached hydrogen (secondary N) is 1. The zero-order valence-corrected chi connectivity index (χ0v) is 11.4. The van der Waals surface area contributed by atoms with E-state index in [1.54, 1.807) is 29.7 Å². The highest BCUT2D eigenvalue weighted by molar-refractivity contribution is 7.09. The molecule has 2 N–H and O–H groups in total. The molecule has 0 aromatic carbocycles. The van der Waals surface area contributed by atoms with Crippen molar-refractivity contribution >= 4 is 11.3 Å². The molecule has 2 rings (SSSR count). The molecule has 0 aliphatic carbocycles. The molecule has 0 unspecified atom stereocenters. The summed E-state index contributed by atoms with van der Waals surface area (Å²) in [5.74, 6) is 0.619. The SMILES string of the molecule is Cc1csc(CN[C@H](C)C[C@@H](O)c2ccco2)n1. The van der Waals surface area contributed by atoms with Crippen LogP contribution in [-0.4, -0.2) is 16.1 Å². The van der Waals surface area contributed by atoms with Crippen LogP contribution in [0.15, 0.2) is 28.2 Å². The van der Waals surface area contributed by atoms with Crippen molar-refractivity contribution in [1.29, 1.82) is 0 Å². The van der Waals surface area contributed by atoms with Gasteiger partial charge in [-0.15, -0.1) is 11.3 Å². The Morgan fingerprint density at radius 2 is 2.39 bits per heavy atom. The summed E-state index contributed by atoms with van der Waals surface area (Å²) in [4.78, 5) is 4.39. The highest BCUT2D eigenvalue weighted by Crippen LogP contribution is 2.18. The fourth-order valence-corrected chi connectivity index (χ4v) is 2.48. The lowest BCUT2D eigenvalue weighted by atomic mass is 10.1. The number of nitrogens with zero attached hydrogens (tertiary/aromatic N) is 1. The van der Waals surface area contributed by atoms with E-state index in [0.29, 0.717) is 12.2 Å². The second kappa shape index (κ2) is 6.13. The number of rotatable bonds is 6. The summed E-state index contributed by atoms with van der Waals surface area (Å²) >= 11 is 1.65. The minimum absolute atomic E-state index is 0.203. The van der Waals surface area contributed by atoms with E-state index in [1.807, 2.05) is 19.2 Å². The molecule has 0 fully saturated rings. The molecule has 0 aliphatic heterocycles. The van der Waals surface area contributed by atoms with E-state index in [4.69, 9.17) is 4.42 Å². The first-order chi connectivity index (χ1) is 8.65. The van der Waals surface area contributed by atoms with E-state index < -0.39 is 6.10 Å². The average molecular weight is 266 g/mol. The molecule has 98 valence electrons. The summed E-state index contributed by atoms with van der Waals surface area (Å²) < 4.78 is 5.17. The van der Waals surface area contributed by atoms with Crippen LogP contribution in [0.25, 0.3) is 0 Å². The Morgan fingerprint density at radius 1 is 1.56 bits per heavy atom. The largest absolute Gasteiger partial charge is 0.467 e. The van der Waals surface area contributed by atoms with Crippen molar-refractivity contribution < 1.29 is 9.52 Å². The molecule has 18 heavy (non-hydrogen) atoms. The van der Waals surface area contributed by atoms with Gasteiger partial charge >= 0.3 is 0 Å². The molecule has 2 aromatic heterocycles. The maximum atomic E-state index is 9.93. The number of aliphatic hydroxyl groups is 1. The lowest BCUT2D eigenvalue weighted by molar-refractivity contribution is 0.128. The van der Waals surface area contributed by atoms with Gasteiger partial charge in [-0.3, -0.25) is 0 Å². The van der Waals surface area contributed by atoms with Gasteiger partial charge in [0.1, 0.15) is 16.9 Å². The first-order valence-electron chi connectivity index (χ1n) is 6.01. The first-order valence-corrected chi connectivity index (χ1v) is 6.89. The molecule has 2 aromatic rings. The van der Waals surface area contributed by atoms with Crippen LogP contribution in [0.2, 0.25) is 0 Å². The number of furan rings is 1. The maximum Gasteiger partial charge on any atom is 0.132 e. The van der Waals surface area contributed by atoms with Crippen LogP contribution in [-0.2, 0) is 6.54 Å². The van der Waals surface area contributed by atoms with Gasteiger partial charge in [-0.1, -0.05) is 0 Å². The predicted octanol–water partition coefficient (Wildman–Crippen LogP) is 2.65. The smallest absolute Gasteiger partial charge is 0.132 e. The monoisotopic (exact) mass is 266 g/mol. The number of aliphatic hydroxyl groups excluding tert-OH is 1. The second-order valence-electron chi connectivity index (χ2n) is 4.43. The van der Waals surface area contributed by atoms with Gasteiger partial charge < -0.3 is 14.8 Å². The average Bonchev–Trinajstić information content (AvgIpc) is 2.97. The van der Waals surface area contributed by atoms with E-state index in [0.717, 1.165) is 17.2 Å². The number of aryl methyl sites for hydroxylation is 1. The molecule has 0 saturated heterocycles. The predicted molar refractivity (Wildman–Crippen MR) is 71.4 cm³/mol. The summed E-state index contributed by atoms with van der Waals surface area (Å²) in [6, 6.07) is 3.78. The van der Waals surface area contributed by atoms with Crippen LogP contribution >= 0.6 is 11.3 Å². The molecule has 5 heteroatoms. The molecule has 0 amide bonds. The minimum Gasteiger partial charge on any atom is -0.467 e. The zero-order valence-electron chi connectivity index (χ0n) is 10.6. The Balaban J connectivity index is 1.76. The van der Waals surface area contributed by atoms with Crippen LogP contribution in [0.4, 0.5) is 0 Å². The van der Waals surface area contributed by atoms with Gasteiger partial charge in [0.05, 0.1) is 6.26 Å². The Bertz CT molecular complexity index is 467. The van der Waals surface area contributed by atoms with Crippen LogP contribution in [0.3, 0.4) is 0 Å². The Kier molecular flexibility index (Phi) is 4.52. The highest BCUT2D eigenvalue weighted by Gasteiger charge is 2.14. The van der Waals surface area contributed by atoms with Crippen molar-refractivity contribution in [2.45, 2.75) is 39.0 Å². The van der Waals surface area contributed by atoms with E-state index in [-0.39, 0.29) is 6.04 Å². The van der Waals surface area contributed by atoms with Crippen LogP contribution in [0.1, 0.15) is 35.9 Å². The van der Waals surface area contributed by atoms with Crippen molar-refractivity contribution in [3.05, 3.63) is 40.2 Å². The third-order valence-electron chi connectivity index (χ3n) is 2.72. The van der Waals surface area contributed by atoms with Gasteiger partial charge in [0, 0.05) is 23.7 Å². The summed E-state index contributed by atoms with van der Waals surface area (Å²) in [5, 5.41) is 16.4. The van der Waals surface area contributed by atoms with Gasteiger partial charge in [-0.2, -0.15) is 0 Å². The molecule has 0 spiro atoms. The van der Waals surface area contributed by atoms with Crippen molar-refractivity contribution in [3.8, 4) is 0 Å². The van der Waals surface area contributed by atoms with E-state index in [2.05, 4.69) is 10.3 Å². The van der Waals surface area contributed by atoms with Crippen LogP contribution in [0.5, 0.6) is 0 Å². The molecule has 0 radical (unpaired) electrons. The number of aromatic nitrogens is 1. The quantitative estimate of drug-likeness (QED) is 0.844. The highest BCUT2D eigenvalue weighted by atomic mass is 32.1. The Labute approximate surface area is 111 Å². The van der Waals surface area contributed by atoms with Crippen LogP contribution in [0, 0.1) is 6.92 Å². The van der Waals surface area contributed by atoms with E-state index in [1.165, 1.54) is 0 Å². The van der Waals surface area contributed by atoms with E-state index >= 15 is 0 Å². The molecule has 2 heterocycles.